The Labute approximate surface area is 167 Å². The van der Waals surface area contributed by atoms with Crippen LogP contribution in [-0.4, -0.2) is 19.5 Å². The van der Waals surface area contributed by atoms with Gasteiger partial charge in [-0.1, -0.05) is 36.4 Å². The van der Waals surface area contributed by atoms with Crippen LogP contribution in [0.4, 0.5) is 0 Å². The number of nitrogens with zero attached hydrogens (tertiary/aromatic N) is 3. The third kappa shape index (κ3) is 2.93. The van der Waals surface area contributed by atoms with Crippen LogP contribution in [0.25, 0.3) is 44.8 Å². The number of imidazole rings is 1. The summed E-state index contributed by atoms with van der Waals surface area (Å²) in [6, 6.07) is 21.8. The van der Waals surface area contributed by atoms with E-state index in [2.05, 4.69) is 34.2 Å². The van der Waals surface area contributed by atoms with Gasteiger partial charge >= 0.3 is 0 Å². The summed E-state index contributed by atoms with van der Waals surface area (Å²) < 4.78 is 1.96. The van der Waals surface area contributed by atoms with Crippen LogP contribution in [0.5, 0.6) is 0 Å². The van der Waals surface area contributed by atoms with Gasteiger partial charge in [-0.05, 0) is 29.8 Å². The quantitative estimate of drug-likeness (QED) is 0.497. The second-order valence-corrected chi connectivity index (χ2v) is 6.89. The lowest BCUT2D eigenvalue weighted by Crippen LogP contribution is -2.06. The molecule has 0 fully saturated rings. The monoisotopic (exact) mass is 378 g/mol. The van der Waals surface area contributed by atoms with Crippen LogP contribution in [0, 0.1) is 0 Å². The summed E-state index contributed by atoms with van der Waals surface area (Å²) in [4.78, 5) is 24.6. The van der Waals surface area contributed by atoms with Gasteiger partial charge in [0.15, 0.2) is 5.43 Å². The van der Waals surface area contributed by atoms with Gasteiger partial charge in [0.1, 0.15) is 5.82 Å². The number of fused-ring (bicyclic) bond motifs is 1. The van der Waals surface area contributed by atoms with Gasteiger partial charge in [-0.15, -0.1) is 0 Å². The predicted octanol–water partition coefficient (Wildman–Crippen LogP) is 4.66. The number of H-pyrrole nitrogens is 1. The third-order valence-corrected chi connectivity index (χ3v) is 5.11. The second kappa shape index (κ2) is 6.87. The molecular formula is C24H18N4O. The van der Waals surface area contributed by atoms with Gasteiger partial charge < -0.3 is 9.55 Å². The Bertz CT molecular complexity index is 1380. The van der Waals surface area contributed by atoms with Crippen molar-refractivity contribution in [3.05, 3.63) is 95.5 Å². The summed E-state index contributed by atoms with van der Waals surface area (Å²) in [7, 11) is 1.94. The van der Waals surface area contributed by atoms with E-state index in [0.29, 0.717) is 11.4 Å². The molecule has 1 N–H and O–H groups in total. The minimum atomic E-state index is -0.0548. The summed E-state index contributed by atoms with van der Waals surface area (Å²) in [6.45, 7) is 0. The smallest absolute Gasteiger partial charge is 0.192 e. The molecule has 140 valence electrons. The van der Waals surface area contributed by atoms with Crippen molar-refractivity contribution in [1.82, 2.24) is 19.5 Å². The Morgan fingerprint density at radius 1 is 0.897 bits per heavy atom. The molecule has 0 aliphatic rings. The van der Waals surface area contributed by atoms with Crippen molar-refractivity contribution < 1.29 is 0 Å². The Morgan fingerprint density at radius 3 is 2.59 bits per heavy atom. The van der Waals surface area contributed by atoms with E-state index in [1.54, 1.807) is 18.6 Å². The molecule has 2 aromatic carbocycles. The van der Waals surface area contributed by atoms with E-state index in [1.807, 2.05) is 48.0 Å². The molecule has 5 aromatic rings. The van der Waals surface area contributed by atoms with Gasteiger partial charge in [0.25, 0.3) is 0 Å². The molecule has 0 amide bonds. The SMILES string of the molecule is Cn1c(-c2c[nH]ccc2=O)nc2c(-c3cccc(-c4ccccn4)c3)cccc21. The molecule has 0 atom stereocenters. The zero-order valence-corrected chi connectivity index (χ0v) is 15.8. The van der Waals surface area contributed by atoms with E-state index in [0.717, 1.165) is 33.4 Å². The highest BCUT2D eigenvalue weighted by atomic mass is 16.1. The molecule has 5 nitrogen and oxygen atoms in total. The summed E-state index contributed by atoms with van der Waals surface area (Å²) in [6.07, 6.45) is 5.12. The van der Waals surface area contributed by atoms with Crippen molar-refractivity contribution in [3.8, 4) is 33.8 Å². The predicted molar refractivity (Wildman–Crippen MR) is 115 cm³/mol. The molecule has 29 heavy (non-hydrogen) atoms. The molecule has 3 heterocycles. The van der Waals surface area contributed by atoms with Gasteiger partial charge in [-0.25, -0.2) is 4.98 Å². The first-order valence-corrected chi connectivity index (χ1v) is 9.37. The van der Waals surface area contributed by atoms with Gasteiger partial charge in [0.2, 0.25) is 0 Å². The first kappa shape index (κ1) is 17.1. The minimum Gasteiger partial charge on any atom is -0.367 e. The van der Waals surface area contributed by atoms with Crippen LogP contribution in [0.3, 0.4) is 0 Å². The lowest BCUT2D eigenvalue weighted by Gasteiger charge is -2.06. The molecule has 3 aromatic heterocycles. The molecule has 5 rings (SSSR count). The Kier molecular flexibility index (Phi) is 4.06. The molecule has 5 heteroatoms. The lowest BCUT2D eigenvalue weighted by atomic mass is 10.0. The molecule has 0 radical (unpaired) electrons. The fourth-order valence-corrected chi connectivity index (χ4v) is 3.66. The average molecular weight is 378 g/mol. The number of aryl methyl sites for hydroxylation is 1. The van der Waals surface area contributed by atoms with E-state index < -0.39 is 0 Å². The summed E-state index contributed by atoms with van der Waals surface area (Å²) in [5.74, 6) is 0.648. The zero-order valence-electron chi connectivity index (χ0n) is 15.8. The van der Waals surface area contributed by atoms with Crippen LogP contribution in [-0.2, 0) is 7.05 Å². The Morgan fingerprint density at radius 2 is 1.76 bits per heavy atom. The molecular weight excluding hydrogens is 360 g/mol. The number of pyridine rings is 2. The highest BCUT2D eigenvalue weighted by Crippen LogP contribution is 2.32. The maximum atomic E-state index is 12.3. The molecule has 0 aliphatic carbocycles. The van der Waals surface area contributed by atoms with E-state index in [-0.39, 0.29) is 5.43 Å². The highest BCUT2D eigenvalue weighted by Gasteiger charge is 2.16. The number of benzene rings is 2. The average Bonchev–Trinajstić information content (AvgIpc) is 3.11. The number of hydrogen-bond acceptors (Lipinski definition) is 3. The van der Waals surface area contributed by atoms with Crippen molar-refractivity contribution >= 4 is 11.0 Å². The number of aromatic amines is 1. The molecule has 0 spiro atoms. The largest absolute Gasteiger partial charge is 0.367 e. The van der Waals surface area contributed by atoms with Crippen molar-refractivity contribution in [2.45, 2.75) is 0 Å². The summed E-state index contributed by atoms with van der Waals surface area (Å²) >= 11 is 0. The van der Waals surface area contributed by atoms with E-state index in [1.165, 1.54) is 6.07 Å². The maximum absolute atomic E-state index is 12.3. The molecule has 0 saturated heterocycles. The minimum absolute atomic E-state index is 0.0548. The van der Waals surface area contributed by atoms with Crippen molar-refractivity contribution in [2.24, 2.45) is 7.05 Å². The van der Waals surface area contributed by atoms with Crippen LogP contribution in [0.2, 0.25) is 0 Å². The van der Waals surface area contributed by atoms with Crippen LogP contribution in [0.15, 0.2) is 90.1 Å². The van der Waals surface area contributed by atoms with Crippen molar-refractivity contribution in [1.29, 1.82) is 0 Å². The Balaban J connectivity index is 1.70. The molecule has 0 saturated carbocycles. The topological polar surface area (TPSA) is 63.6 Å². The van der Waals surface area contributed by atoms with Crippen molar-refractivity contribution in [3.63, 3.8) is 0 Å². The van der Waals surface area contributed by atoms with E-state index >= 15 is 0 Å². The maximum Gasteiger partial charge on any atom is 0.192 e. The van der Waals surface area contributed by atoms with Crippen LogP contribution >= 0.6 is 0 Å². The van der Waals surface area contributed by atoms with E-state index in [9.17, 15) is 4.79 Å². The summed E-state index contributed by atoms with van der Waals surface area (Å²) in [5, 5.41) is 0. The van der Waals surface area contributed by atoms with Gasteiger partial charge in [0.05, 0.1) is 22.3 Å². The Hall–Kier alpha value is -3.99. The second-order valence-electron chi connectivity index (χ2n) is 6.89. The lowest BCUT2D eigenvalue weighted by molar-refractivity contribution is 0.955. The van der Waals surface area contributed by atoms with Crippen LogP contribution in [0.1, 0.15) is 0 Å². The number of para-hydroxylation sites is 1. The zero-order chi connectivity index (χ0) is 19.8. The molecule has 0 unspecified atom stereocenters. The normalized spacial score (nSPS) is 11.1. The molecule has 0 bridgehead atoms. The summed E-state index contributed by atoms with van der Waals surface area (Å²) in [5.41, 5.74) is 6.41. The highest BCUT2D eigenvalue weighted by molar-refractivity contribution is 5.94. The first-order valence-electron chi connectivity index (χ1n) is 9.37. The van der Waals surface area contributed by atoms with Gasteiger partial charge in [-0.3, -0.25) is 9.78 Å². The van der Waals surface area contributed by atoms with Gasteiger partial charge in [-0.2, -0.15) is 0 Å². The van der Waals surface area contributed by atoms with E-state index in [4.69, 9.17) is 4.98 Å². The third-order valence-electron chi connectivity index (χ3n) is 5.11. The number of hydrogen-bond donors (Lipinski definition) is 1. The standard InChI is InChI=1S/C24H18N4O/c1-28-21-10-5-8-18(23(21)27-24(28)19-15-25-13-11-22(19)29)16-6-4-7-17(14-16)20-9-2-3-12-26-20/h2-15H,1H3,(H,25,29). The first-order chi connectivity index (χ1) is 14.2. The molecule has 0 aliphatic heterocycles. The fourth-order valence-electron chi connectivity index (χ4n) is 3.66. The van der Waals surface area contributed by atoms with Crippen molar-refractivity contribution in [2.75, 3.05) is 0 Å². The number of rotatable bonds is 3. The van der Waals surface area contributed by atoms with Crippen LogP contribution < -0.4 is 5.43 Å². The fraction of sp³-hybridized carbons (Fsp3) is 0.0417. The van der Waals surface area contributed by atoms with Gasteiger partial charge in [0, 0.05) is 42.8 Å². The number of nitrogens with one attached hydrogen (secondary N) is 1. The number of aromatic nitrogens is 4.